The number of likely N-dealkylation sites (tertiary alicyclic amines) is 1. The highest BCUT2D eigenvalue weighted by Gasteiger charge is 2.28. The van der Waals surface area contributed by atoms with Gasteiger partial charge in [0.1, 0.15) is 5.76 Å². The molecule has 128 valence electrons. The maximum atomic E-state index is 12.3. The van der Waals surface area contributed by atoms with Gasteiger partial charge in [-0.25, -0.2) is 0 Å². The van der Waals surface area contributed by atoms with Crippen LogP contribution in [0.25, 0.3) is 0 Å². The van der Waals surface area contributed by atoms with Gasteiger partial charge >= 0.3 is 0 Å². The standard InChI is InChI=1S/C19H20N4O2/c24-19(20-11-18-6-2-9-25-18)16-5-1-4-15(10-16)12-22-13-17(14-22)23-8-3-7-21-23/h1-10,17H,11-14H2,(H,20,24). The first-order valence-corrected chi connectivity index (χ1v) is 8.39. The lowest BCUT2D eigenvalue weighted by molar-refractivity contribution is 0.0905. The number of nitrogens with zero attached hydrogens (tertiary/aromatic N) is 3. The van der Waals surface area contributed by atoms with Gasteiger partial charge in [0.2, 0.25) is 0 Å². The second-order valence-electron chi connectivity index (χ2n) is 6.30. The van der Waals surface area contributed by atoms with Crippen molar-refractivity contribution >= 4 is 5.91 Å². The Morgan fingerprint density at radius 1 is 1.24 bits per heavy atom. The van der Waals surface area contributed by atoms with E-state index in [1.165, 1.54) is 0 Å². The van der Waals surface area contributed by atoms with E-state index in [1.54, 1.807) is 6.26 Å². The topological polar surface area (TPSA) is 63.3 Å². The van der Waals surface area contributed by atoms with Crippen LogP contribution in [0.3, 0.4) is 0 Å². The third kappa shape index (κ3) is 3.64. The number of hydrogen-bond acceptors (Lipinski definition) is 4. The van der Waals surface area contributed by atoms with Crippen molar-refractivity contribution in [3.8, 4) is 0 Å². The van der Waals surface area contributed by atoms with Crippen LogP contribution in [0.4, 0.5) is 0 Å². The fraction of sp³-hybridized carbons (Fsp3) is 0.263. The van der Waals surface area contributed by atoms with Crippen molar-refractivity contribution in [3.05, 3.63) is 78.0 Å². The molecular formula is C19H20N4O2. The molecule has 3 heterocycles. The fourth-order valence-corrected chi connectivity index (χ4v) is 3.09. The van der Waals surface area contributed by atoms with Gasteiger partial charge in [0, 0.05) is 37.6 Å². The first-order valence-electron chi connectivity index (χ1n) is 8.39. The molecule has 0 radical (unpaired) electrons. The molecule has 0 atom stereocenters. The predicted octanol–water partition coefficient (Wildman–Crippen LogP) is 2.46. The number of benzene rings is 1. The monoisotopic (exact) mass is 336 g/mol. The highest BCUT2D eigenvalue weighted by atomic mass is 16.3. The smallest absolute Gasteiger partial charge is 0.251 e. The summed E-state index contributed by atoms with van der Waals surface area (Å²) in [5, 5.41) is 7.17. The second-order valence-corrected chi connectivity index (χ2v) is 6.30. The number of amides is 1. The Kier molecular flexibility index (Phi) is 4.35. The number of aromatic nitrogens is 2. The molecule has 0 unspecified atom stereocenters. The van der Waals surface area contributed by atoms with E-state index in [2.05, 4.69) is 21.4 Å². The molecule has 25 heavy (non-hydrogen) atoms. The van der Waals surface area contributed by atoms with Crippen molar-refractivity contribution in [3.63, 3.8) is 0 Å². The van der Waals surface area contributed by atoms with Crippen LogP contribution in [0.5, 0.6) is 0 Å². The van der Waals surface area contributed by atoms with Gasteiger partial charge in [-0.15, -0.1) is 0 Å². The summed E-state index contributed by atoms with van der Waals surface area (Å²) >= 11 is 0. The lowest BCUT2D eigenvalue weighted by atomic mass is 10.1. The second kappa shape index (κ2) is 6.94. The molecule has 6 nitrogen and oxygen atoms in total. The Bertz CT molecular complexity index is 821. The quantitative estimate of drug-likeness (QED) is 0.751. The molecule has 0 bridgehead atoms. The highest BCUT2D eigenvalue weighted by molar-refractivity contribution is 5.94. The Morgan fingerprint density at radius 3 is 2.92 bits per heavy atom. The Hall–Kier alpha value is -2.86. The van der Waals surface area contributed by atoms with Crippen LogP contribution in [0.1, 0.15) is 27.7 Å². The molecule has 4 rings (SSSR count). The van der Waals surface area contributed by atoms with E-state index in [4.69, 9.17) is 4.42 Å². The van der Waals surface area contributed by atoms with E-state index in [0.29, 0.717) is 18.2 Å². The minimum Gasteiger partial charge on any atom is -0.467 e. The third-order valence-corrected chi connectivity index (χ3v) is 4.44. The van der Waals surface area contributed by atoms with Gasteiger partial charge in [0.05, 0.1) is 18.8 Å². The molecule has 1 aliphatic heterocycles. The van der Waals surface area contributed by atoms with E-state index in [1.807, 2.05) is 53.5 Å². The van der Waals surface area contributed by atoms with Gasteiger partial charge in [-0.1, -0.05) is 12.1 Å². The summed E-state index contributed by atoms with van der Waals surface area (Å²) in [4.78, 5) is 14.6. The van der Waals surface area contributed by atoms with E-state index < -0.39 is 0 Å². The summed E-state index contributed by atoms with van der Waals surface area (Å²) in [6, 6.07) is 13.8. The van der Waals surface area contributed by atoms with Crippen molar-refractivity contribution in [1.82, 2.24) is 20.0 Å². The lowest BCUT2D eigenvalue weighted by Gasteiger charge is -2.39. The molecular weight excluding hydrogens is 316 g/mol. The maximum Gasteiger partial charge on any atom is 0.251 e. The van der Waals surface area contributed by atoms with E-state index in [-0.39, 0.29) is 5.91 Å². The van der Waals surface area contributed by atoms with E-state index in [0.717, 1.165) is 31.0 Å². The lowest BCUT2D eigenvalue weighted by Crippen LogP contribution is -2.47. The van der Waals surface area contributed by atoms with Gasteiger partial charge in [-0.05, 0) is 35.9 Å². The zero-order valence-electron chi connectivity index (χ0n) is 13.8. The predicted molar refractivity (Wildman–Crippen MR) is 92.9 cm³/mol. The summed E-state index contributed by atoms with van der Waals surface area (Å²) in [6.45, 7) is 3.21. The van der Waals surface area contributed by atoms with Crippen LogP contribution < -0.4 is 5.32 Å². The van der Waals surface area contributed by atoms with E-state index in [9.17, 15) is 4.79 Å². The number of carbonyl (C=O) groups is 1. The van der Waals surface area contributed by atoms with Crippen molar-refractivity contribution in [2.45, 2.75) is 19.1 Å². The molecule has 6 heteroatoms. The summed E-state index contributed by atoms with van der Waals surface area (Å²) in [7, 11) is 0. The number of nitrogens with one attached hydrogen (secondary N) is 1. The number of furan rings is 1. The highest BCUT2D eigenvalue weighted by Crippen LogP contribution is 2.22. The number of rotatable bonds is 6. The normalized spacial score (nSPS) is 15.0. The molecule has 1 fully saturated rings. The van der Waals surface area contributed by atoms with Crippen LogP contribution in [-0.2, 0) is 13.1 Å². The number of carbonyl (C=O) groups excluding carboxylic acids is 1. The molecule has 1 saturated heterocycles. The van der Waals surface area contributed by atoms with Crippen LogP contribution in [0, 0.1) is 0 Å². The van der Waals surface area contributed by atoms with Crippen LogP contribution in [-0.4, -0.2) is 33.7 Å². The number of hydrogen-bond donors (Lipinski definition) is 1. The zero-order valence-corrected chi connectivity index (χ0v) is 13.8. The van der Waals surface area contributed by atoms with Crippen molar-refractivity contribution in [1.29, 1.82) is 0 Å². The minimum absolute atomic E-state index is 0.0868. The van der Waals surface area contributed by atoms with Crippen LogP contribution in [0.2, 0.25) is 0 Å². The largest absolute Gasteiger partial charge is 0.467 e. The van der Waals surface area contributed by atoms with Crippen molar-refractivity contribution in [2.75, 3.05) is 13.1 Å². The summed E-state index contributed by atoms with van der Waals surface area (Å²) in [5.74, 6) is 0.658. The molecule has 0 spiro atoms. The zero-order chi connectivity index (χ0) is 17.1. The first-order chi connectivity index (χ1) is 12.3. The first kappa shape index (κ1) is 15.7. The average molecular weight is 336 g/mol. The molecule has 1 amide bonds. The molecule has 3 aromatic rings. The molecule has 1 aromatic carbocycles. The Balaban J connectivity index is 1.31. The van der Waals surface area contributed by atoms with E-state index >= 15 is 0 Å². The summed E-state index contributed by atoms with van der Waals surface area (Å²) in [6.07, 6.45) is 5.42. The maximum absolute atomic E-state index is 12.3. The summed E-state index contributed by atoms with van der Waals surface area (Å²) < 4.78 is 7.24. The Labute approximate surface area is 146 Å². The van der Waals surface area contributed by atoms with Crippen LogP contribution >= 0.6 is 0 Å². The van der Waals surface area contributed by atoms with Gasteiger partial charge in [0.15, 0.2) is 0 Å². The molecule has 1 aliphatic rings. The minimum atomic E-state index is -0.0868. The average Bonchev–Trinajstić information content (AvgIpc) is 3.29. The van der Waals surface area contributed by atoms with Gasteiger partial charge in [0.25, 0.3) is 5.91 Å². The van der Waals surface area contributed by atoms with Crippen LogP contribution in [0.15, 0.2) is 65.5 Å². The SMILES string of the molecule is O=C(NCc1ccco1)c1cccc(CN2CC(n3cccn3)C2)c1. The van der Waals surface area contributed by atoms with Crippen molar-refractivity contribution in [2.24, 2.45) is 0 Å². The fourth-order valence-electron chi connectivity index (χ4n) is 3.09. The third-order valence-electron chi connectivity index (χ3n) is 4.44. The molecule has 1 N–H and O–H groups in total. The molecule has 2 aromatic heterocycles. The van der Waals surface area contributed by atoms with Gasteiger partial charge in [-0.2, -0.15) is 5.10 Å². The molecule has 0 saturated carbocycles. The van der Waals surface area contributed by atoms with Gasteiger partial charge in [-0.3, -0.25) is 14.4 Å². The summed E-state index contributed by atoms with van der Waals surface area (Å²) in [5.41, 5.74) is 1.82. The molecule has 0 aliphatic carbocycles. The Morgan fingerprint density at radius 2 is 2.16 bits per heavy atom. The van der Waals surface area contributed by atoms with Crippen molar-refractivity contribution < 1.29 is 9.21 Å². The van der Waals surface area contributed by atoms with Gasteiger partial charge < -0.3 is 9.73 Å².